The summed E-state index contributed by atoms with van der Waals surface area (Å²) in [5.41, 5.74) is -2.21. The van der Waals surface area contributed by atoms with Crippen molar-refractivity contribution in [2.75, 3.05) is 4.90 Å². The number of carbonyl (C=O) groups is 4. The number of aromatic carboxylic acids is 2. The lowest BCUT2D eigenvalue weighted by Crippen LogP contribution is -2.43. The predicted molar refractivity (Wildman–Crippen MR) is 142 cm³/mol. The first-order valence-electron chi connectivity index (χ1n) is 11.7. The predicted octanol–water partition coefficient (Wildman–Crippen LogP) is 2.92. The molecule has 0 aliphatic carbocycles. The number of benzene rings is 2. The highest BCUT2D eigenvalue weighted by atomic mass is 16.4. The highest BCUT2D eigenvalue weighted by molar-refractivity contribution is 6.32. The third-order valence-corrected chi connectivity index (χ3v) is 6.54. The standard InChI is InChI=1S/C29H18N4O8/c1-14-20(24(34)32(26(36)22(14)12-30)18-7-3-16(4-8-18)28(38)39)11-21-15(2)23(13-31)27(37)33(25(21)35)19-9-5-17(6-10-19)29(40)41/h3-11,34H,1-2H3,(H,38,39)(H,40,41)/b21-11-. The molecule has 1 aliphatic heterocycles. The Hall–Kier alpha value is -6.27. The molecule has 2 amide bonds. The molecule has 0 unspecified atom stereocenters. The lowest BCUT2D eigenvalue weighted by molar-refractivity contribution is -0.122. The summed E-state index contributed by atoms with van der Waals surface area (Å²) < 4.78 is 0.772. The van der Waals surface area contributed by atoms with Crippen LogP contribution in [0.1, 0.15) is 44.3 Å². The summed E-state index contributed by atoms with van der Waals surface area (Å²) in [6, 6.07) is 13.3. The number of carboxylic acid groups (broad SMARTS) is 2. The molecule has 0 saturated carbocycles. The Bertz CT molecular complexity index is 1880. The molecule has 12 heteroatoms. The van der Waals surface area contributed by atoms with E-state index < -0.39 is 40.8 Å². The topological polar surface area (TPSA) is 202 Å². The van der Waals surface area contributed by atoms with Gasteiger partial charge in [-0.15, -0.1) is 0 Å². The third-order valence-electron chi connectivity index (χ3n) is 6.54. The van der Waals surface area contributed by atoms with Gasteiger partial charge in [-0.3, -0.25) is 14.4 Å². The number of hydrogen-bond acceptors (Lipinski definition) is 8. The number of amides is 2. The molecule has 12 nitrogen and oxygen atoms in total. The van der Waals surface area contributed by atoms with E-state index in [1.54, 1.807) is 12.1 Å². The van der Waals surface area contributed by atoms with Crippen LogP contribution >= 0.6 is 0 Å². The van der Waals surface area contributed by atoms with Crippen LogP contribution in [-0.2, 0) is 9.59 Å². The molecule has 0 fully saturated rings. The van der Waals surface area contributed by atoms with Crippen LogP contribution in [0.3, 0.4) is 0 Å². The van der Waals surface area contributed by atoms with Crippen molar-refractivity contribution in [2.45, 2.75) is 13.8 Å². The number of pyridine rings is 1. The maximum Gasteiger partial charge on any atom is 0.335 e. The van der Waals surface area contributed by atoms with Crippen molar-refractivity contribution in [3.8, 4) is 23.7 Å². The van der Waals surface area contributed by atoms with Crippen LogP contribution in [0.2, 0.25) is 0 Å². The van der Waals surface area contributed by atoms with Gasteiger partial charge in [-0.05, 0) is 79.6 Å². The van der Waals surface area contributed by atoms with Crippen LogP contribution in [0.25, 0.3) is 11.8 Å². The molecular weight excluding hydrogens is 532 g/mol. The minimum atomic E-state index is -1.23. The smallest absolute Gasteiger partial charge is 0.335 e. The zero-order valence-electron chi connectivity index (χ0n) is 21.4. The first-order valence-corrected chi connectivity index (χ1v) is 11.7. The number of carboxylic acids is 2. The zero-order chi connectivity index (χ0) is 30.2. The summed E-state index contributed by atoms with van der Waals surface area (Å²) >= 11 is 0. The molecule has 0 spiro atoms. The summed E-state index contributed by atoms with van der Waals surface area (Å²) in [6.45, 7) is 2.72. The SMILES string of the molecule is CC1=C(C#N)C(=O)N(c2ccc(C(=O)O)cc2)C(=O)/C1=C\c1c(C)c(C#N)c(=O)n(-c2ccc(C(=O)O)cc2)c1O. The van der Waals surface area contributed by atoms with Crippen molar-refractivity contribution in [1.29, 1.82) is 10.5 Å². The molecule has 1 aromatic heterocycles. The Morgan fingerprint density at radius 2 is 1.32 bits per heavy atom. The second-order valence-electron chi connectivity index (χ2n) is 8.81. The number of carbonyl (C=O) groups excluding carboxylic acids is 2. The van der Waals surface area contributed by atoms with Crippen LogP contribution in [0.5, 0.6) is 5.88 Å². The summed E-state index contributed by atoms with van der Waals surface area (Å²) in [7, 11) is 0. The molecule has 0 saturated heterocycles. The van der Waals surface area contributed by atoms with Gasteiger partial charge >= 0.3 is 11.9 Å². The zero-order valence-corrected chi connectivity index (χ0v) is 21.4. The van der Waals surface area contributed by atoms with Crippen molar-refractivity contribution in [2.24, 2.45) is 0 Å². The first-order chi connectivity index (χ1) is 19.4. The number of rotatable bonds is 5. The fraction of sp³-hybridized carbons (Fsp3) is 0.0690. The van der Waals surface area contributed by atoms with Gasteiger partial charge in [-0.1, -0.05) is 0 Å². The highest BCUT2D eigenvalue weighted by Crippen LogP contribution is 2.34. The number of imide groups is 1. The molecule has 202 valence electrons. The molecule has 3 aromatic rings. The number of nitrogens with zero attached hydrogens (tertiary/aromatic N) is 4. The van der Waals surface area contributed by atoms with Gasteiger partial charge in [0, 0.05) is 11.1 Å². The molecule has 4 rings (SSSR count). The summed E-state index contributed by atoms with van der Waals surface area (Å²) in [5.74, 6) is -4.99. The minimum Gasteiger partial charge on any atom is -0.494 e. The molecular formula is C29H18N4O8. The van der Waals surface area contributed by atoms with Gasteiger partial charge < -0.3 is 15.3 Å². The molecule has 0 atom stereocenters. The van der Waals surface area contributed by atoms with Crippen molar-refractivity contribution >= 4 is 35.5 Å². The van der Waals surface area contributed by atoms with Gasteiger partial charge in [-0.2, -0.15) is 10.5 Å². The second kappa shape index (κ2) is 10.5. The molecule has 1 aliphatic rings. The van der Waals surface area contributed by atoms with Crippen LogP contribution in [0, 0.1) is 29.6 Å². The average Bonchev–Trinajstić information content (AvgIpc) is 2.93. The molecule has 0 bridgehead atoms. The van der Waals surface area contributed by atoms with Crippen LogP contribution in [0.4, 0.5) is 5.69 Å². The fourth-order valence-electron chi connectivity index (χ4n) is 4.30. The Morgan fingerprint density at radius 1 is 0.805 bits per heavy atom. The van der Waals surface area contributed by atoms with Crippen molar-refractivity contribution in [3.63, 3.8) is 0 Å². The van der Waals surface area contributed by atoms with Gasteiger partial charge in [0.05, 0.1) is 22.5 Å². The third kappa shape index (κ3) is 4.62. The molecule has 2 heterocycles. The van der Waals surface area contributed by atoms with Crippen LogP contribution < -0.4 is 10.5 Å². The maximum atomic E-state index is 13.6. The quantitative estimate of drug-likeness (QED) is 0.313. The van der Waals surface area contributed by atoms with Gasteiger partial charge in [0.25, 0.3) is 17.4 Å². The van der Waals surface area contributed by atoms with Gasteiger partial charge in [0.15, 0.2) is 0 Å². The minimum absolute atomic E-state index is 0.00859. The van der Waals surface area contributed by atoms with Crippen molar-refractivity contribution in [3.05, 3.63) is 103 Å². The van der Waals surface area contributed by atoms with Gasteiger partial charge in [0.1, 0.15) is 23.3 Å². The number of hydrogen-bond donors (Lipinski definition) is 3. The second-order valence-corrected chi connectivity index (χ2v) is 8.81. The number of aromatic hydroxyl groups is 1. The van der Waals surface area contributed by atoms with E-state index in [1.807, 2.05) is 0 Å². The van der Waals surface area contributed by atoms with E-state index in [-0.39, 0.29) is 50.3 Å². The van der Waals surface area contributed by atoms with E-state index in [4.69, 9.17) is 5.11 Å². The Kier molecular flexibility index (Phi) is 7.09. The largest absolute Gasteiger partial charge is 0.494 e. The monoisotopic (exact) mass is 550 g/mol. The van der Waals surface area contributed by atoms with E-state index in [0.717, 1.165) is 10.6 Å². The summed E-state index contributed by atoms with van der Waals surface area (Å²) in [5, 5.41) is 49.0. The Labute approximate surface area is 231 Å². The van der Waals surface area contributed by atoms with Crippen molar-refractivity contribution < 1.29 is 34.5 Å². The molecule has 41 heavy (non-hydrogen) atoms. The van der Waals surface area contributed by atoms with Gasteiger partial charge in [-0.25, -0.2) is 19.1 Å². The van der Waals surface area contributed by atoms with E-state index in [2.05, 4.69) is 0 Å². The fourth-order valence-corrected chi connectivity index (χ4v) is 4.30. The lowest BCUT2D eigenvalue weighted by atomic mass is 9.92. The highest BCUT2D eigenvalue weighted by Gasteiger charge is 2.37. The summed E-state index contributed by atoms with van der Waals surface area (Å²) in [6.07, 6.45) is 1.15. The van der Waals surface area contributed by atoms with Crippen LogP contribution in [0.15, 0.2) is 70.0 Å². The Balaban J connectivity index is 1.97. The van der Waals surface area contributed by atoms with E-state index in [0.29, 0.717) is 4.90 Å². The normalized spacial score (nSPS) is 14.1. The number of aromatic nitrogens is 1. The lowest BCUT2D eigenvalue weighted by Gasteiger charge is -2.27. The van der Waals surface area contributed by atoms with Crippen LogP contribution in [-0.4, -0.2) is 43.6 Å². The molecule has 3 N–H and O–H groups in total. The van der Waals surface area contributed by atoms with E-state index >= 15 is 0 Å². The number of nitriles is 2. The van der Waals surface area contributed by atoms with E-state index in [9.17, 15) is 44.7 Å². The molecule has 2 aromatic carbocycles. The van der Waals surface area contributed by atoms with E-state index in [1.165, 1.54) is 62.4 Å². The summed E-state index contributed by atoms with van der Waals surface area (Å²) in [4.78, 5) is 63.0. The number of anilines is 1. The first kappa shape index (κ1) is 27.8. The average molecular weight is 550 g/mol. The maximum absolute atomic E-state index is 13.6. The Morgan fingerprint density at radius 3 is 1.78 bits per heavy atom. The molecule has 0 radical (unpaired) electrons. The van der Waals surface area contributed by atoms with Crippen molar-refractivity contribution in [1.82, 2.24) is 4.57 Å². The van der Waals surface area contributed by atoms with Gasteiger partial charge in [0.2, 0.25) is 5.88 Å².